The van der Waals surface area contributed by atoms with Crippen molar-refractivity contribution in [2.45, 2.75) is 6.42 Å². The molecule has 0 N–H and O–H groups in total. The zero-order valence-corrected chi connectivity index (χ0v) is 14.1. The second-order valence-corrected chi connectivity index (χ2v) is 5.99. The van der Waals surface area contributed by atoms with Gasteiger partial charge in [0.25, 0.3) is 0 Å². The molecule has 25 heavy (non-hydrogen) atoms. The van der Waals surface area contributed by atoms with Crippen molar-refractivity contribution in [3.8, 4) is 17.3 Å². The van der Waals surface area contributed by atoms with E-state index in [-0.39, 0.29) is 0 Å². The second kappa shape index (κ2) is 6.91. The van der Waals surface area contributed by atoms with Gasteiger partial charge in [0.1, 0.15) is 0 Å². The Morgan fingerprint density at radius 2 is 1.84 bits per heavy atom. The fraction of sp³-hybridized carbons (Fsp3) is 0.105. The molecule has 0 unspecified atom stereocenters. The van der Waals surface area contributed by atoms with Crippen LogP contribution in [0.2, 0.25) is 5.02 Å². The third-order valence-corrected chi connectivity index (χ3v) is 4.08. The number of ether oxygens (including phenoxy) is 1. The molecule has 0 aliphatic carbocycles. The maximum Gasteiger partial charge on any atom is 0.220 e. The van der Waals surface area contributed by atoms with Gasteiger partial charge in [-0.2, -0.15) is 0 Å². The normalized spacial score (nSPS) is 10.9. The van der Waals surface area contributed by atoms with Crippen LogP contribution in [0.4, 0.5) is 0 Å². The van der Waals surface area contributed by atoms with Gasteiger partial charge >= 0.3 is 0 Å². The topological polar surface area (TPSA) is 52.3 Å². The van der Waals surface area contributed by atoms with Crippen molar-refractivity contribution in [2.75, 3.05) is 6.61 Å². The van der Waals surface area contributed by atoms with Crippen molar-refractivity contribution in [1.82, 2.24) is 19.6 Å². The number of nitrogens with zero attached hydrogens (tertiary/aromatic N) is 4. The summed E-state index contributed by atoms with van der Waals surface area (Å²) in [5.41, 5.74) is 2.73. The second-order valence-electron chi connectivity index (χ2n) is 5.56. The molecule has 5 nitrogen and oxygen atoms in total. The Bertz CT molecular complexity index is 1000. The van der Waals surface area contributed by atoms with Crippen molar-refractivity contribution >= 4 is 17.2 Å². The predicted molar refractivity (Wildman–Crippen MR) is 96.9 cm³/mol. The lowest BCUT2D eigenvalue weighted by atomic mass is 10.2. The first kappa shape index (κ1) is 15.6. The number of rotatable bonds is 5. The van der Waals surface area contributed by atoms with Gasteiger partial charge in [-0.25, -0.2) is 4.40 Å². The number of hydrogen-bond donors (Lipinski definition) is 0. The van der Waals surface area contributed by atoms with Crippen LogP contribution in [0.1, 0.15) is 5.56 Å². The van der Waals surface area contributed by atoms with E-state index in [0.29, 0.717) is 29.0 Å². The molecule has 0 radical (unpaired) electrons. The minimum absolute atomic E-state index is 0.540. The highest BCUT2D eigenvalue weighted by molar-refractivity contribution is 6.30. The van der Waals surface area contributed by atoms with Gasteiger partial charge in [-0.15, -0.1) is 10.2 Å². The average Bonchev–Trinajstić information content (AvgIpc) is 3.08. The van der Waals surface area contributed by atoms with Gasteiger partial charge in [0, 0.05) is 17.0 Å². The van der Waals surface area contributed by atoms with Gasteiger partial charge in [-0.05, 0) is 17.7 Å². The van der Waals surface area contributed by atoms with Crippen LogP contribution < -0.4 is 4.74 Å². The van der Waals surface area contributed by atoms with Gasteiger partial charge in [-0.3, -0.25) is 4.98 Å². The van der Waals surface area contributed by atoms with E-state index in [4.69, 9.17) is 16.3 Å². The van der Waals surface area contributed by atoms with Gasteiger partial charge in [0.15, 0.2) is 11.5 Å². The number of hydrogen-bond acceptors (Lipinski definition) is 4. The molecule has 2 heterocycles. The van der Waals surface area contributed by atoms with E-state index < -0.39 is 0 Å². The molecule has 6 heteroatoms. The molecule has 4 rings (SSSR count). The number of fused-ring (bicyclic) bond motifs is 1. The van der Waals surface area contributed by atoms with Crippen molar-refractivity contribution in [1.29, 1.82) is 0 Å². The molecule has 0 atom stereocenters. The van der Waals surface area contributed by atoms with Crippen molar-refractivity contribution in [2.24, 2.45) is 0 Å². The SMILES string of the molecule is Clc1cccc(-c2nnc3cncc(OCCc4ccccc4)n23)c1. The lowest BCUT2D eigenvalue weighted by Crippen LogP contribution is -2.06. The Kier molecular flexibility index (Phi) is 4.31. The summed E-state index contributed by atoms with van der Waals surface area (Å²) in [5.74, 6) is 1.28. The summed E-state index contributed by atoms with van der Waals surface area (Å²) in [4.78, 5) is 4.19. The van der Waals surface area contributed by atoms with Crippen molar-refractivity contribution < 1.29 is 4.74 Å². The smallest absolute Gasteiger partial charge is 0.220 e. The first-order valence-electron chi connectivity index (χ1n) is 7.93. The third-order valence-electron chi connectivity index (χ3n) is 3.85. The zero-order valence-electron chi connectivity index (χ0n) is 13.3. The lowest BCUT2D eigenvalue weighted by Gasteiger charge is -2.09. The summed E-state index contributed by atoms with van der Waals surface area (Å²) in [7, 11) is 0. The van der Waals surface area contributed by atoms with E-state index in [1.165, 1.54) is 5.56 Å². The molecule has 2 aromatic carbocycles. The Labute approximate surface area is 149 Å². The van der Waals surface area contributed by atoms with Gasteiger partial charge in [0.05, 0.1) is 19.0 Å². The summed E-state index contributed by atoms with van der Waals surface area (Å²) in [6, 6.07) is 17.7. The molecule has 0 bridgehead atoms. The molecule has 0 amide bonds. The standard InChI is InChI=1S/C19H15ClN4O/c20-16-8-4-7-15(11-16)19-23-22-17-12-21-13-18(24(17)19)25-10-9-14-5-2-1-3-6-14/h1-8,11-13H,9-10H2. The van der Waals surface area contributed by atoms with Crippen LogP contribution >= 0.6 is 11.6 Å². The summed E-state index contributed by atoms with van der Waals surface area (Å²) < 4.78 is 7.81. The average molecular weight is 351 g/mol. The van der Waals surface area contributed by atoms with Gasteiger partial charge < -0.3 is 4.74 Å². The lowest BCUT2D eigenvalue weighted by molar-refractivity contribution is 0.304. The summed E-state index contributed by atoms with van der Waals surface area (Å²) in [6.07, 6.45) is 4.15. The highest BCUT2D eigenvalue weighted by Crippen LogP contribution is 2.25. The van der Waals surface area contributed by atoms with E-state index in [1.807, 2.05) is 46.9 Å². The zero-order chi connectivity index (χ0) is 17.1. The molecular formula is C19H15ClN4O. The van der Waals surface area contributed by atoms with Gasteiger partial charge in [0.2, 0.25) is 5.88 Å². The molecule has 124 valence electrons. The molecule has 0 saturated carbocycles. The van der Waals surface area contributed by atoms with Crippen LogP contribution in [0.25, 0.3) is 17.0 Å². The van der Waals surface area contributed by atoms with Crippen LogP contribution in [0, 0.1) is 0 Å². The first-order chi connectivity index (χ1) is 12.3. The number of benzene rings is 2. The molecule has 0 aliphatic heterocycles. The largest absolute Gasteiger partial charge is 0.477 e. The van der Waals surface area contributed by atoms with E-state index in [1.54, 1.807) is 12.4 Å². The number of halogens is 1. The quantitative estimate of drug-likeness (QED) is 0.544. The molecule has 0 saturated heterocycles. The van der Waals surface area contributed by atoms with Crippen LogP contribution in [-0.4, -0.2) is 26.2 Å². The Morgan fingerprint density at radius 1 is 0.960 bits per heavy atom. The van der Waals surface area contributed by atoms with Crippen LogP contribution in [0.5, 0.6) is 5.88 Å². The van der Waals surface area contributed by atoms with E-state index in [0.717, 1.165) is 12.0 Å². The van der Waals surface area contributed by atoms with E-state index >= 15 is 0 Å². The van der Waals surface area contributed by atoms with E-state index in [9.17, 15) is 0 Å². The monoisotopic (exact) mass is 350 g/mol. The van der Waals surface area contributed by atoms with Crippen molar-refractivity contribution in [3.05, 3.63) is 77.6 Å². The molecule has 0 fully saturated rings. The summed E-state index contributed by atoms with van der Waals surface area (Å²) >= 11 is 6.10. The van der Waals surface area contributed by atoms with Crippen LogP contribution in [-0.2, 0) is 6.42 Å². The fourth-order valence-corrected chi connectivity index (χ4v) is 2.85. The third kappa shape index (κ3) is 3.32. The molecule has 0 spiro atoms. The summed E-state index contributed by atoms with van der Waals surface area (Å²) in [5, 5.41) is 9.09. The van der Waals surface area contributed by atoms with Crippen LogP contribution in [0.15, 0.2) is 67.0 Å². The predicted octanol–water partition coefficient (Wildman–Crippen LogP) is 4.07. The minimum Gasteiger partial charge on any atom is -0.477 e. The summed E-state index contributed by atoms with van der Waals surface area (Å²) in [6.45, 7) is 0.540. The highest BCUT2D eigenvalue weighted by atomic mass is 35.5. The molecule has 2 aromatic heterocycles. The Hall–Kier alpha value is -2.92. The highest BCUT2D eigenvalue weighted by Gasteiger charge is 2.13. The van der Waals surface area contributed by atoms with Gasteiger partial charge in [-0.1, -0.05) is 54.1 Å². The fourth-order valence-electron chi connectivity index (χ4n) is 2.66. The van der Waals surface area contributed by atoms with E-state index in [2.05, 4.69) is 27.3 Å². The number of aromatic nitrogens is 4. The molecule has 4 aromatic rings. The molecule has 0 aliphatic rings. The van der Waals surface area contributed by atoms with Crippen LogP contribution in [0.3, 0.4) is 0 Å². The first-order valence-corrected chi connectivity index (χ1v) is 8.31. The van der Waals surface area contributed by atoms with Crippen molar-refractivity contribution in [3.63, 3.8) is 0 Å². The Morgan fingerprint density at radius 3 is 2.68 bits per heavy atom. The minimum atomic E-state index is 0.540. The maximum atomic E-state index is 6.10. The molecular weight excluding hydrogens is 336 g/mol. The Balaban J connectivity index is 1.64. The maximum absolute atomic E-state index is 6.10.